The number of anilines is 1. The predicted molar refractivity (Wildman–Crippen MR) is 73.2 cm³/mol. The molecule has 0 radical (unpaired) electrons. The van der Waals surface area contributed by atoms with Crippen molar-refractivity contribution in [1.82, 2.24) is 14.9 Å². The van der Waals surface area contributed by atoms with Crippen molar-refractivity contribution >= 4 is 27.4 Å². The third-order valence-electron chi connectivity index (χ3n) is 2.55. The topological polar surface area (TPSA) is 125 Å². The summed E-state index contributed by atoms with van der Waals surface area (Å²) in [5.74, 6) is 0.282. The molecule has 0 aliphatic heterocycles. The first-order chi connectivity index (χ1) is 9.44. The first-order valence-corrected chi connectivity index (χ1v) is 7.27. The molecule has 1 aromatic heterocycles. The Hall–Kier alpha value is -2.08. The van der Waals surface area contributed by atoms with Gasteiger partial charge in [0.15, 0.2) is 0 Å². The first-order valence-electron chi connectivity index (χ1n) is 5.41. The van der Waals surface area contributed by atoms with Crippen LogP contribution in [-0.2, 0) is 16.6 Å². The van der Waals surface area contributed by atoms with Gasteiger partial charge in [-0.3, -0.25) is 5.10 Å². The maximum atomic E-state index is 12.2. The van der Waals surface area contributed by atoms with E-state index in [1.54, 1.807) is 0 Å². The number of hydrogen-bond donors (Lipinski definition) is 3. The molecule has 2 rings (SSSR count). The van der Waals surface area contributed by atoms with Crippen molar-refractivity contribution in [2.45, 2.75) is 11.4 Å². The lowest BCUT2D eigenvalue weighted by atomic mass is 10.2. The maximum absolute atomic E-state index is 12.2. The van der Waals surface area contributed by atoms with E-state index in [0.717, 1.165) is 0 Å². The third-order valence-corrected chi connectivity index (χ3v) is 4.44. The Bertz CT molecular complexity index is 778. The number of sulfonamides is 1. The molecule has 0 bridgehead atoms. The second-order valence-corrected chi connectivity index (χ2v) is 6.03. The lowest BCUT2D eigenvalue weighted by molar-refractivity contribution is 0.581. The standard InChI is InChI=1S/C11H10ClN5O2S/c12-9-2-1-7(4-13)3-10(9)20(18,19)16-6-8-5-15-17-11(8)14/h1-3,5,16H,6H2,(H3,14,15,17). The van der Waals surface area contributed by atoms with Crippen LogP contribution in [0.2, 0.25) is 5.02 Å². The van der Waals surface area contributed by atoms with E-state index < -0.39 is 10.0 Å². The van der Waals surface area contributed by atoms with Crippen LogP contribution in [0, 0.1) is 11.3 Å². The summed E-state index contributed by atoms with van der Waals surface area (Å²) in [5, 5.41) is 15.0. The summed E-state index contributed by atoms with van der Waals surface area (Å²) < 4.78 is 26.7. The number of nitrogens with one attached hydrogen (secondary N) is 2. The fourth-order valence-electron chi connectivity index (χ4n) is 1.49. The van der Waals surface area contributed by atoms with E-state index in [4.69, 9.17) is 22.6 Å². The molecule has 0 atom stereocenters. The van der Waals surface area contributed by atoms with Crippen LogP contribution in [0.15, 0.2) is 29.3 Å². The van der Waals surface area contributed by atoms with Crippen molar-refractivity contribution in [1.29, 1.82) is 5.26 Å². The molecule has 0 aliphatic rings. The maximum Gasteiger partial charge on any atom is 0.242 e. The number of aromatic nitrogens is 2. The van der Waals surface area contributed by atoms with Gasteiger partial charge in [-0.1, -0.05) is 11.6 Å². The molecular formula is C11H10ClN5O2S. The number of rotatable bonds is 4. The molecule has 2 aromatic rings. The van der Waals surface area contributed by atoms with Crippen LogP contribution in [-0.4, -0.2) is 18.6 Å². The summed E-state index contributed by atoms with van der Waals surface area (Å²) in [7, 11) is -3.85. The Kier molecular flexibility index (Phi) is 3.94. The highest BCUT2D eigenvalue weighted by Gasteiger charge is 2.19. The van der Waals surface area contributed by atoms with Crippen LogP contribution in [0.4, 0.5) is 5.82 Å². The second-order valence-electron chi connectivity index (χ2n) is 3.89. The summed E-state index contributed by atoms with van der Waals surface area (Å²) in [6, 6.07) is 5.87. The zero-order valence-corrected chi connectivity index (χ0v) is 11.7. The number of nitrogens with two attached hydrogens (primary N) is 1. The Morgan fingerprint density at radius 1 is 1.50 bits per heavy atom. The van der Waals surface area contributed by atoms with Gasteiger partial charge in [0, 0.05) is 12.1 Å². The van der Waals surface area contributed by atoms with Crippen molar-refractivity contribution in [2.24, 2.45) is 0 Å². The molecule has 0 amide bonds. The average Bonchev–Trinajstić information content (AvgIpc) is 2.82. The fourth-order valence-corrected chi connectivity index (χ4v) is 3.02. The highest BCUT2D eigenvalue weighted by atomic mass is 35.5. The van der Waals surface area contributed by atoms with Gasteiger partial charge in [0.25, 0.3) is 0 Å². The van der Waals surface area contributed by atoms with Crippen LogP contribution in [0.25, 0.3) is 0 Å². The molecule has 104 valence electrons. The minimum Gasteiger partial charge on any atom is -0.384 e. The monoisotopic (exact) mass is 311 g/mol. The minimum absolute atomic E-state index is 0.0300. The highest BCUT2D eigenvalue weighted by molar-refractivity contribution is 7.89. The molecular weight excluding hydrogens is 302 g/mol. The van der Waals surface area contributed by atoms with Crippen molar-refractivity contribution in [3.8, 4) is 6.07 Å². The van der Waals surface area contributed by atoms with Gasteiger partial charge < -0.3 is 5.73 Å². The molecule has 0 saturated carbocycles. The smallest absolute Gasteiger partial charge is 0.242 e. The van der Waals surface area contributed by atoms with E-state index in [9.17, 15) is 8.42 Å². The molecule has 0 unspecified atom stereocenters. The number of halogens is 1. The number of nitrogens with zero attached hydrogens (tertiary/aromatic N) is 2. The van der Waals surface area contributed by atoms with Gasteiger partial charge >= 0.3 is 0 Å². The van der Waals surface area contributed by atoms with Crippen LogP contribution in [0.5, 0.6) is 0 Å². The SMILES string of the molecule is N#Cc1ccc(Cl)c(S(=O)(=O)NCc2cn[nH]c2N)c1. The Balaban J connectivity index is 2.27. The minimum atomic E-state index is -3.85. The lowest BCUT2D eigenvalue weighted by Gasteiger charge is -2.08. The summed E-state index contributed by atoms with van der Waals surface area (Å²) in [4.78, 5) is -0.153. The number of aromatic amines is 1. The zero-order valence-electron chi connectivity index (χ0n) is 10.1. The van der Waals surface area contributed by atoms with Gasteiger partial charge in [-0.05, 0) is 18.2 Å². The summed E-state index contributed by atoms with van der Waals surface area (Å²) in [6.07, 6.45) is 1.42. The van der Waals surface area contributed by atoms with Crippen molar-refractivity contribution in [3.63, 3.8) is 0 Å². The van der Waals surface area contributed by atoms with E-state index in [2.05, 4.69) is 14.9 Å². The van der Waals surface area contributed by atoms with Crippen LogP contribution in [0.3, 0.4) is 0 Å². The van der Waals surface area contributed by atoms with Gasteiger partial charge in [0.1, 0.15) is 10.7 Å². The molecule has 7 nitrogen and oxygen atoms in total. The van der Waals surface area contributed by atoms with Crippen molar-refractivity contribution < 1.29 is 8.42 Å². The molecule has 0 saturated heterocycles. The number of nitrogen functional groups attached to an aromatic ring is 1. The largest absolute Gasteiger partial charge is 0.384 e. The van der Waals surface area contributed by atoms with E-state index in [-0.39, 0.29) is 27.8 Å². The fraction of sp³-hybridized carbons (Fsp3) is 0.0909. The normalized spacial score (nSPS) is 11.2. The quantitative estimate of drug-likeness (QED) is 0.776. The average molecular weight is 312 g/mol. The molecule has 9 heteroatoms. The summed E-state index contributed by atoms with van der Waals surface area (Å²) in [6.45, 7) is -0.0300. The Morgan fingerprint density at radius 3 is 2.85 bits per heavy atom. The molecule has 0 aliphatic carbocycles. The van der Waals surface area contributed by atoms with Gasteiger partial charge in [0.2, 0.25) is 10.0 Å². The zero-order chi connectivity index (χ0) is 14.8. The predicted octanol–water partition coefficient (Wildman–Crippen LogP) is 0.995. The second kappa shape index (κ2) is 5.50. The molecule has 20 heavy (non-hydrogen) atoms. The van der Waals surface area contributed by atoms with E-state index in [1.807, 2.05) is 6.07 Å². The number of H-pyrrole nitrogens is 1. The number of hydrogen-bond acceptors (Lipinski definition) is 5. The van der Waals surface area contributed by atoms with Gasteiger partial charge in [-0.2, -0.15) is 10.4 Å². The van der Waals surface area contributed by atoms with E-state index in [0.29, 0.717) is 5.56 Å². The summed E-state index contributed by atoms with van der Waals surface area (Å²) >= 11 is 5.86. The van der Waals surface area contributed by atoms with Crippen LogP contribution in [0.1, 0.15) is 11.1 Å². The molecule has 0 fully saturated rings. The highest BCUT2D eigenvalue weighted by Crippen LogP contribution is 2.22. The summed E-state index contributed by atoms with van der Waals surface area (Å²) in [5.41, 5.74) is 6.28. The van der Waals surface area contributed by atoms with Gasteiger partial charge in [0.05, 0.1) is 22.9 Å². The van der Waals surface area contributed by atoms with Gasteiger partial charge in [-0.15, -0.1) is 0 Å². The van der Waals surface area contributed by atoms with Crippen molar-refractivity contribution in [2.75, 3.05) is 5.73 Å². The molecule has 0 spiro atoms. The van der Waals surface area contributed by atoms with Crippen LogP contribution < -0.4 is 10.5 Å². The Labute approximate surface area is 120 Å². The van der Waals surface area contributed by atoms with E-state index in [1.165, 1.54) is 24.4 Å². The third kappa shape index (κ3) is 2.91. The van der Waals surface area contributed by atoms with Crippen molar-refractivity contribution in [3.05, 3.63) is 40.5 Å². The van der Waals surface area contributed by atoms with E-state index >= 15 is 0 Å². The number of benzene rings is 1. The van der Waals surface area contributed by atoms with Crippen LogP contribution >= 0.6 is 11.6 Å². The molecule has 4 N–H and O–H groups in total. The van der Waals surface area contributed by atoms with Gasteiger partial charge in [-0.25, -0.2) is 13.1 Å². The lowest BCUT2D eigenvalue weighted by Crippen LogP contribution is -2.23. The number of nitriles is 1. The molecule has 1 aromatic carbocycles. The first kappa shape index (κ1) is 14.3. The molecule has 1 heterocycles. The Morgan fingerprint density at radius 2 is 2.25 bits per heavy atom.